The third-order valence-corrected chi connectivity index (χ3v) is 11.2. The lowest BCUT2D eigenvalue weighted by atomic mass is 9.47. The quantitative estimate of drug-likeness (QED) is 0.309. The molecule has 0 aromatic carbocycles. The average Bonchev–Trinajstić information content (AvgIpc) is 3.10. The Hall–Kier alpha value is -0.820. The molecule has 4 aliphatic rings. The van der Waals surface area contributed by atoms with Crippen LogP contribution in [0.2, 0.25) is 0 Å². The Morgan fingerprint density at radius 1 is 1.19 bits per heavy atom. The van der Waals surface area contributed by atoms with Gasteiger partial charge in [-0.25, -0.2) is 0 Å². The summed E-state index contributed by atoms with van der Waals surface area (Å²) in [5, 5.41) is 10.3. The molecule has 1 N–H and O–H groups in total. The molecular formula is C31H52O. The maximum Gasteiger partial charge on any atom is 0.0577 e. The predicted octanol–water partition coefficient (Wildman–Crippen LogP) is 8.89. The van der Waals surface area contributed by atoms with Gasteiger partial charge in [-0.2, -0.15) is 0 Å². The van der Waals surface area contributed by atoms with Crippen molar-refractivity contribution in [3.05, 3.63) is 35.5 Å². The minimum Gasteiger partial charge on any atom is -0.393 e. The van der Waals surface area contributed by atoms with Crippen LogP contribution < -0.4 is 0 Å². The van der Waals surface area contributed by atoms with Crippen LogP contribution in [0.25, 0.3) is 0 Å². The molecule has 4 rings (SSSR count). The van der Waals surface area contributed by atoms with Crippen LogP contribution >= 0.6 is 0 Å². The molecule has 0 heterocycles. The Morgan fingerprint density at radius 3 is 2.66 bits per heavy atom. The van der Waals surface area contributed by atoms with Crippen LogP contribution in [0.15, 0.2) is 35.5 Å². The third kappa shape index (κ3) is 4.10. The second kappa shape index (κ2) is 9.44. The lowest BCUT2D eigenvalue weighted by molar-refractivity contribution is -0.0525. The molecule has 0 spiro atoms. The molecule has 1 heteroatoms. The molecule has 0 aromatic rings. The molecule has 8 atom stereocenters. The van der Waals surface area contributed by atoms with Crippen LogP contribution in [0.3, 0.4) is 0 Å². The molecule has 32 heavy (non-hydrogen) atoms. The Bertz CT molecular complexity index is 765. The summed E-state index contributed by atoms with van der Waals surface area (Å²) in [6.07, 6.45) is 19.9. The molecule has 0 aromatic heterocycles. The summed E-state index contributed by atoms with van der Waals surface area (Å²) in [4.78, 5) is 0. The summed E-state index contributed by atoms with van der Waals surface area (Å²) in [5.74, 6) is 4.40. The summed E-state index contributed by atoms with van der Waals surface area (Å²) >= 11 is 0. The van der Waals surface area contributed by atoms with Crippen molar-refractivity contribution in [2.45, 2.75) is 118 Å². The van der Waals surface area contributed by atoms with E-state index in [1.54, 1.807) is 11.1 Å². The first-order valence-electron chi connectivity index (χ1n) is 13.9. The summed E-state index contributed by atoms with van der Waals surface area (Å²) in [7, 11) is 0. The van der Waals surface area contributed by atoms with E-state index < -0.39 is 0 Å². The van der Waals surface area contributed by atoms with Crippen molar-refractivity contribution >= 4 is 0 Å². The number of allylic oxidation sites excluding steroid dienone is 4. The topological polar surface area (TPSA) is 20.2 Å². The van der Waals surface area contributed by atoms with Gasteiger partial charge in [-0.1, -0.05) is 64.0 Å². The van der Waals surface area contributed by atoms with Crippen LogP contribution in [0.5, 0.6) is 0 Å². The van der Waals surface area contributed by atoms with Gasteiger partial charge in [0.1, 0.15) is 0 Å². The summed E-state index contributed by atoms with van der Waals surface area (Å²) in [6, 6.07) is 0. The maximum atomic E-state index is 10.3. The van der Waals surface area contributed by atoms with E-state index in [1.807, 2.05) is 0 Å². The minimum atomic E-state index is -0.0895. The van der Waals surface area contributed by atoms with Crippen molar-refractivity contribution in [2.24, 2.45) is 40.4 Å². The lowest BCUT2D eigenvalue weighted by Crippen LogP contribution is -2.50. The monoisotopic (exact) mass is 440 g/mol. The fourth-order valence-electron chi connectivity index (χ4n) is 9.12. The molecule has 0 amide bonds. The van der Waals surface area contributed by atoms with Crippen LogP contribution in [0, 0.1) is 40.4 Å². The number of hydrogen-bond acceptors (Lipinski definition) is 1. The van der Waals surface area contributed by atoms with Crippen LogP contribution in [-0.2, 0) is 0 Å². The van der Waals surface area contributed by atoms with E-state index >= 15 is 0 Å². The van der Waals surface area contributed by atoms with Crippen molar-refractivity contribution in [1.29, 1.82) is 0 Å². The zero-order valence-electron chi connectivity index (χ0n) is 21.8. The van der Waals surface area contributed by atoms with Crippen molar-refractivity contribution in [3.8, 4) is 0 Å². The normalized spacial score (nSPS) is 42.8. The summed E-state index contributed by atoms with van der Waals surface area (Å²) in [5.41, 5.74) is 5.58. The molecular weight excluding hydrogens is 388 g/mol. The predicted molar refractivity (Wildman–Crippen MR) is 140 cm³/mol. The first-order chi connectivity index (χ1) is 15.3. The summed E-state index contributed by atoms with van der Waals surface area (Å²) in [6.45, 7) is 16.3. The highest BCUT2D eigenvalue weighted by Crippen LogP contribution is 2.67. The number of hydrogen-bond donors (Lipinski definition) is 1. The first kappa shape index (κ1) is 24.3. The maximum absolute atomic E-state index is 10.3. The van der Waals surface area contributed by atoms with E-state index in [9.17, 15) is 5.11 Å². The van der Waals surface area contributed by atoms with E-state index in [0.717, 1.165) is 48.9 Å². The summed E-state index contributed by atoms with van der Waals surface area (Å²) < 4.78 is 0. The number of rotatable bonds is 7. The van der Waals surface area contributed by atoms with Crippen molar-refractivity contribution in [2.75, 3.05) is 0 Å². The second-order valence-electron chi connectivity index (χ2n) is 12.6. The van der Waals surface area contributed by atoms with E-state index in [4.69, 9.17) is 0 Å². The van der Waals surface area contributed by atoms with Gasteiger partial charge in [-0.15, -0.1) is 0 Å². The SMILES string of the molecule is C=C/C(CC)=C(/C)CC(CC)CC1CCC2C3CC=C4CC(O)CCC4(C)C3CCC12C.[HH]. The van der Waals surface area contributed by atoms with Crippen LogP contribution in [0.1, 0.15) is 113 Å². The van der Waals surface area contributed by atoms with E-state index in [1.165, 1.54) is 63.4 Å². The van der Waals surface area contributed by atoms with Gasteiger partial charge in [0.15, 0.2) is 0 Å². The molecule has 0 radical (unpaired) electrons. The Kier molecular flexibility index (Phi) is 7.17. The van der Waals surface area contributed by atoms with Crippen molar-refractivity contribution in [1.82, 2.24) is 0 Å². The molecule has 1 nitrogen and oxygen atoms in total. The zero-order valence-corrected chi connectivity index (χ0v) is 21.8. The lowest BCUT2D eigenvalue weighted by Gasteiger charge is -2.58. The van der Waals surface area contributed by atoms with Gasteiger partial charge in [0.25, 0.3) is 0 Å². The number of aliphatic hydroxyl groups is 1. The third-order valence-electron chi connectivity index (χ3n) is 11.2. The number of aliphatic hydroxyl groups excluding tert-OH is 1. The number of fused-ring (bicyclic) bond motifs is 5. The largest absolute Gasteiger partial charge is 0.393 e. The smallest absolute Gasteiger partial charge is 0.0577 e. The highest BCUT2D eigenvalue weighted by Gasteiger charge is 2.58. The average molecular weight is 441 g/mol. The molecule has 3 fully saturated rings. The highest BCUT2D eigenvalue weighted by molar-refractivity contribution is 5.26. The fourth-order valence-corrected chi connectivity index (χ4v) is 9.12. The Balaban J connectivity index is 0.00000306. The van der Waals surface area contributed by atoms with E-state index in [0.29, 0.717) is 10.8 Å². The van der Waals surface area contributed by atoms with Gasteiger partial charge in [0.2, 0.25) is 0 Å². The van der Waals surface area contributed by atoms with Gasteiger partial charge in [-0.3, -0.25) is 0 Å². The van der Waals surface area contributed by atoms with Gasteiger partial charge in [0.05, 0.1) is 6.10 Å². The Labute approximate surface area is 200 Å². The second-order valence-corrected chi connectivity index (χ2v) is 12.6. The highest BCUT2D eigenvalue weighted by atomic mass is 16.3. The molecule has 0 saturated heterocycles. The molecule has 182 valence electrons. The van der Waals surface area contributed by atoms with E-state index in [-0.39, 0.29) is 7.53 Å². The van der Waals surface area contributed by atoms with Crippen LogP contribution in [0.4, 0.5) is 0 Å². The van der Waals surface area contributed by atoms with Crippen LogP contribution in [-0.4, -0.2) is 11.2 Å². The van der Waals surface area contributed by atoms with Crippen molar-refractivity contribution in [3.63, 3.8) is 0 Å². The molecule has 4 aliphatic carbocycles. The Morgan fingerprint density at radius 2 is 1.97 bits per heavy atom. The first-order valence-corrected chi connectivity index (χ1v) is 13.9. The fraction of sp³-hybridized carbons (Fsp3) is 0.806. The van der Waals surface area contributed by atoms with Gasteiger partial charge >= 0.3 is 0 Å². The molecule has 3 saturated carbocycles. The molecule has 0 bridgehead atoms. The van der Waals surface area contributed by atoms with Gasteiger partial charge in [-0.05, 0) is 124 Å². The standard InChI is InChI=1S/C31H50O.H2/c1-7-22(18-21(4)23(8-2)9-3)19-24-11-13-28-27-12-10-25-20-26(32)14-16-30(25,5)29(27)15-17-31(24,28)6;/h8,10,22,24,26-29,32H,2,7,9,11-20H2,1,3-6H3;1H/b23-21+;. The zero-order chi connectivity index (χ0) is 23.1. The van der Waals surface area contributed by atoms with E-state index in [2.05, 4.69) is 53.3 Å². The van der Waals surface area contributed by atoms with Crippen molar-refractivity contribution < 1.29 is 6.53 Å². The molecule has 0 aliphatic heterocycles. The van der Waals surface area contributed by atoms with Gasteiger partial charge in [0, 0.05) is 1.43 Å². The minimum absolute atomic E-state index is 0. The molecule has 8 unspecified atom stereocenters. The van der Waals surface area contributed by atoms with Gasteiger partial charge < -0.3 is 5.11 Å².